The Morgan fingerprint density at radius 2 is 2.18 bits per heavy atom. The number of rotatable bonds is 6. The highest BCUT2D eigenvalue weighted by atomic mass is 127. The third-order valence-electron chi connectivity index (χ3n) is 2.85. The first kappa shape index (κ1) is 16.5. The summed E-state index contributed by atoms with van der Waals surface area (Å²) in [5, 5.41) is 0. The van der Waals surface area contributed by atoms with E-state index in [1.807, 2.05) is 12.1 Å². The Morgan fingerprint density at radius 1 is 1.36 bits per heavy atom. The number of hydrogen-bond acceptors (Lipinski definition) is 5. The fraction of sp³-hybridized carbons (Fsp3) is 0.250. The van der Waals surface area contributed by atoms with E-state index in [4.69, 9.17) is 14.2 Å². The zero-order valence-corrected chi connectivity index (χ0v) is 14.5. The average molecular weight is 413 g/mol. The highest BCUT2D eigenvalue weighted by Gasteiger charge is 2.16. The molecule has 0 atom stereocenters. The number of benzene rings is 1. The predicted molar refractivity (Wildman–Crippen MR) is 90.2 cm³/mol. The second-order valence-electron chi connectivity index (χ2n) is 4.36. The van der Waals surface area contributed by atoms with Crippen LogP contribution < -0.4 is 9.47 Å². The van der Waals surface area contributed by atoms with Gasteiger partial charge in [-0.05, 0) is 47.7 Å². The van der Waals surface area contributed by atoms with Gasteiger partial charge < -0.3 is 14.2 Å². The molecule has 0 amide bonds. The van der Waals surface area contributed by atoms with Crippen LogP contribution in [0.4, 0.5) is 0 Å². The molecule has 22 heavy (non-hydrogen) atoms. The van der Waals surface area contributed by atoms with Crippen molar-refractivity contribution in [3.63, 3.8) is 0 Å². The Hall–Kier alpha value is -1.83. The summed E-state index contributed by atoms with van der Waals surface area (Å²) in [5.41, 5.74) is 1.40. The topological polar surface area (TPSA) is 57.7 Å². The van der Waals surface area contributed by atoms with Crippen LogP contribution in [0.2, 0.25) is 0 Å². The maximum Gasteiger partial charge on any atom is 0.338 e. The Bertz CT molecular complexity index is 646. The highest BCUT2D eigenvalue weighted by molar-refractivity contribution is 14.1. The lowest BCUT2D eigenvalue weighted by Crippen LogP contribution is -2.07. The molecule has 0 N–H and O–H groups in total. The van der Waals surface area contributed by atoms with Crippen LogP contribution in [-0.4, -0.2) is 24.7 Å². The van der Waals surface area contributed by atoms with Gasteiger partial charge in [0.2, 0.25) is 0 Å². The van der Waals surface area contributed by atoms with Crippen LogP contribution in [0.1, 0.15) is 22.8 Å². The summed E-state index contributed by atoms with van der Waals surface area (Å²) >= 11 is 2.11. The third kappa shape index (κ3) is 4.09. The normalized spacial score (nSPS) is 10.1. The number of pyridine rings is 1. The molecule has 116 valence electrons. The van der Waals surface area contributed by atoms with E-state index in [2.05, 4.69) is 27.6 Å². The number of nitrogens with zero attached hydrogens (tertiary/aromatic N) is 1. The molecule has 0 spiro atoms. The smallest absolute Gasteiger partial charge is 0.338 e. The minimum atomic E-state index is -0.377. The lowest BCUT2D eigenvalue weighted by molar-refractivity contribution is 0.0525. The van der Waals surface area contributed by atoms with Crippen molar-refractivity contribution in [2.45, 2.75) is 13.5 Å². The fourth-order valence-corrected chi connectivity index (χ4v) is 2.59. The van der Waals surface area contributed by atoms with Crippen molar-refractivity contribution < 1.29 is 19.0 Å². The van der Waals surface area contributed by atoms with Gasteiger partial charge in [-0.3, -0.25) is 4.98 Å². The monoisotopic (exact) mass is 413 g/mol. The molecule has 1 heterocycles. The molecule has 6 heteroatoms. The summed E-state index contributed by atoms with van der Waals surface area (Å²) in [6.45, 7) is 2.47. The molecule has 1 aromatic heterocycles. The Kier molecular flexibility index (Phi) is 6.00. The van der Waals surface area contributed by atoms with E-state index in [0.29, 0.717) is 30.3 Å². The number of aromatic nitrogens is 1. The summed E-state index contributed by atoms with van der Waals surface area (Å²) in [6, 6.07) is 7.13. The van der Waals surface area contributed by atoms with E-state index in [9.17, 15) is 4.79 Å². The van der Waals surface area contributed by atoms with Gasteiger partial charge in [-0.2, -0.15) is 0 Å². The highest BCUT2D eigenvalue weighted by Crippen LogP contribution is 2.34. The molecule has 0 aliphatic carbocycles. The number of esters is 1. The van der Waals surface area contributed by atoms with Gasteiger partial charge in [0.15, 0.2) is 11.5 Å². The van der Waals surface area contributed by atoms with Crippen molar-refractivity contribution in [2.75, 3.05) is 13.7 Å². The van der Waals surface area contributed by atoms with E-state index >= 15 is 0 Å². The van der Waals surface area contributed by atoms with Crippen LogP contribution in [0, 0.1) is 3.57 Å². The molecule has 0 fully saturated rings. The van der Waals surface area contributed by atoms with Crippen molar-refractivity contribution in [3.8, 4) is 11.5 Å². The van der Waals surface area contributed by atoms with Crippen LogP contribution in [0.25, 0.3) is 0 Å². The first-order valence-electron chi connectivity index (χ1n) is 6.72. The van der Waals surface area contributed by atoms with Crippen molar-refractivity contribution in [3.05, 3.63) is 51.4 Å². The second kappa shape index (κ2) is 7.98. The zero-order valence-electron chi connectivity index (χ0n) is 12.3. The van der Waals surface area contributed by atoms with Gasteiger partial charge in [0.05, 0.1) is 22.9 Å². The molecule has 2 aromatic rings. The molecule has 0 saturated heterocycles. The molecule has 0 aliphatic rings. The third-order valence-corrected chi connectivity index (χ3v) is 3.65. The first-order valence-corrected chi connectivity index (χ1v) is 7.80. The average Bonchev–Trinajstić information content (AvgIpc) is 2.54. The maximum absolute atomic E-state index is 11.8. The molecule has 5 nitrogen and oxygen atoms in total. The Balaban J connectivity index is 2.22. The van der Waals surface area contributed by atoms with E-state index < -0.39 is 0 Å². The van der Waals surface area contributed by atoms with Crippen LogP contribution in [0.5, 0.6) is 11.5 Å². The largest absolute Gasteiger partial charge is 0.493 e. The number of hydrogen-bond donors (Lipinski definition) is 0. The number of ether oxygens (including phenoxy) is 3. The van der Waals surface area contributed by atoms with Gasteiger partial charge in [0.1, 0.15) is 6.61 Å². The molecule has 0 radical (unpaired) electrons. The van der Waals surface area contributed by atoms with E-state index in [-0.39, 0.29) is 5.97 Å². The first-order chi connectivity index (χ1) is 10.7. The summed E-state index contributed by atoms with van der Waals surface area (Å²) in [5.74, 6) is 0.719. The molecular formula is C16H16INO4. The SMILES string of the molecule is CCOC(=O)c1cc(I)c(OCc2cccnc2)c(OC)c1. The molecule has 0 aliphatic heterocycles. The van der Waals surface area contributed by atoms with Gasteiger partial charge in [0.25, 0.3) is 0 Å². The predicted octanol–water partition coefficient (Wildman–Crippen LogP) is 3.45. The molecular weight excluding hydrogens is 397 g/mol. The molecule has 0 saturated carbocycles. The number of carbonyl (C=O) groups excluding carboxylic acids is 1. The summed E-state index contributed by atoms with van der Waals surface area (Å²) in [4.78, 5) is 15.9. The lowest BCUT2D eigenvalue weighted by atomic mass is 10.2. The minimum Gasteiger partial charge on any atom is -0.493 e. The Labute approximate surface area is 142 Å². The summed E-state index contributed by atoms with van der Waals surface area (Å²) < 4.78 is 16.9. The van der Waals surface area contributed by atoms with Crippen molar-refractivity contribution in [1.29, 1.82) is 0 Å². The number of methoxy groups -OCH3 is 1. The number of halogens is 1. The van der Waals surface area contributed by atoms with Crippen molar-refractivity contribution in [1.82, 2.24) is 4.98 Å². The molecule has 2 rings (SSSR count). The van der Waals surface area contributed by atoms with Crippen molar-refractivity contribution >= 4 is 28.6 Å². The zero-order chi connectivity index (χ0) is 15.9. The van der Waals surface area contributed by atoms with E-state index in [0.717, 1.165) is 9.13 Å². The minimum absolute atomic E-state index is 0.330. The number of carbonyl (C=O) groups is 1. The summed E-state index contributed by atoms with van der Waals surface area (Å²) in [6.07, 6.45) is 3.45. The van der Waals surface area contributed by atoms with Gasteiger partial charge in [-0.1, -0.05) is 6.07 Å². The molecule has 1 aromatic carbocycles. The van der Waals surface area contributed by atoms with Gasteiger partial charge in [-0.25, -0.2) is 4.79 Å². The van der Waals surface area contributed by atoms with Crippen LogP contribution >= 0.6 is 22.6 Å². The maximum atomic E-state index is 11.8. The van der Waals surface area contributed by atoms with Gasteiger partial charge in [0, 0.05) is 18.0 Å². The second-order valence-corrected chi connectivity index (χ2v) is 5.52. The standard InChI is InChI=1S/C16H16INO4/c1-3-21-16(19)12-7-13(17)15(14(8-12)20-2)22-10-11-5-4-6-18-9-11/h4-9H,3,10H2,1-2H3. The molecule has 0 unspecified atom stereocenters. The fourth-order valence-electron chi connectivity index (χ4n) is 1.83. The quantitative estimate of drug-likeness (QED) is 0.537. The van der Waals surface area contributed by atoms with Crippen LogP contribution in [-0.2, 0) is 11.3 Å². The van der Waals surface area contributed by atoms with E-state index in [1.165, 1.54) is 7.11 Å². The Morgan fingerprint density at radius 3 is 2.82 bits per heavy atom. The molecule has 0 bridgehead atoms. The van der Waals surface area contributed by atoms with Crippen molar-refractivity contribution in [2.24, 2.45) is 0 Å². The van der Waals surface area contributed by atoms with Gasteiger partial charge in [-0.15, -0.1) is 0 Å². The van der Waals surface area contributed by atoms with Gasteiger partial charge >= 0.3 is 5.97 Å². The van der Waals surface area contributed by atoms with Crippen LogP contribution in [0.3, 0.4) is 0 Å². The lowest BCUT2D eigenvalue weighted by Gasteiger charge is -2.14. The van der Waals surface area contributed by atoms with E-state index in [1.54, 1.807) is 31.5 Å². The summed E-state index contributed by atoms with van der Waals surface area (Å²) in [7, 11) is 1.54. The van der Waals surface area contributed by atoms with Crippen LogP contribution in [0.15, 0.2) is 36.7 Å².